The van der Waals surface area contributed by atoms with Crippen molar-refractivity contribution in [2.45, 2.75) is 25.9 Å². The third-order valence-corrected chi connectivity index (χ3v) is 4.91. The van der Waals surface area contributed by atoms with E-state index in [0.717, 1.165) is 16.0 Å². The summed E-state index contributed by atoms with van der Waals surface area (Å²) < 4.78 is 0. The summed E-state index contributed by atoms with van der Waals surface area (Å²) in [6.45, 7) is 3.49. The Hall–Kier alpha value is -3.66. The first-order valence-corrected chi connectivity index (χ1v) is 8.81. The normalized spacial score (nSPS) is 18.5. The van der Waals surface area contributed by atoms with Crippen LogP contribution in [0.25, 0.3) is 0 Å². The highest BCUT2D eigenvalue weighted by Gasteiger charge is 2.49. The van der Waals surface area contributed by atoms with E-state index in [2.05, 4.69) is 10.6 Å². The van der Waals surface area contributed by atoms with E-state index in [4.69, 9.17) is 5.26 Å². The molecule has 1 heterocycles. The lowest BCUT2D eigenvalue weighted by Gasteiger charge is -2.22. The summed E-state index contributed by atoms with van der Waals surface area (Å²) in [5, 5.41) is 14.3. The Kier molecular flexibility index (Phi) is 5.14. The van der Waals surface area contributed by atoms with Crippen LogP contribution in [-0.4, -0.2) is 29.3 Å². The van der Waals surface area contributed by atoms with Crippen LogP contribution in [-0.2, 0) is 21.7 Å². The monoisotopic (exact) mass is 376 g/mol. The number of carbonyl (C=O) groups is 3. The maximum absolute atomic E-state index is 12.9. The van der Waals surface area contributed by atoms with Crippen LogP contribution in [0.4, 0.5) is 4.79 Å². The van der Waals surface area contributed by atoms with Crippen molar-refractivity contribution in [3.63, 3.8) is 0 Å². The second-order valence-corrected chi connectivity index (χ2v) is 6.84. The van der Waals surface area contributed by atoms with Gasteiger partial charge in [0.2, 0.25) is 5.91 Å². The first kappa shape index (κ1) is 19.1. The molecule has 0 aliphatic carbocycles. The highest BCUT2D eigenvalue weighted by atomic mass is 16.2. The lowest BCUT2D eigenvalue weighted by molar-refractivity contribution is -0.134. The van der Waals surface area contributed by atoms with Crippen LogP contribution in [0, 0.1) is 18.3 Å². The topological polar surface area (TPSA) is 102 Å². The molecule has 0 radical (unpaired) electrons. The van der Waals surface area contributed by atoms with Gasteiger partial charge in [-0.2, -0.15) is 5.26 Å². The van der Waals surface area contributed by atoms with Crippen LogP contribution in [0.5, 0.6) is 0 Å². The van der Waals surface area contributed by atoms with Crippen molar-refractivity contribution >= 4 is 17.8 Å². The van der Waals surface area contributed by atoms with Gasteiger partial charge in [0.25, 0.3) is 5.91 Å². The highest BCUT2D eigenvalue weighted by molar-refractivity contribution is 6.09. The molecular weight excluding hydrogens is 356 g/mol. The van der Waals surface area contributed by atoms with Crippen LogP contribution in [0.3, 0.4) is 0 Å². The lowest BCUT2D eigenvalue weighted by atomic mass is 9.91. The molecule has 1 saturated heterocycles. The number of nitrogens with zero attached hydrogens (tertiary/aromatic N) is 2. The fourth-order valence-corrected chi connectivity index (χ4v) is 3.12. The Bertz CT molecular complexity index is 978. The Balaban J connectivity index is 1.68. The fourth-order valence-electron chi connectivity index (χ4n) is 3.12. The minimum Gasteiger partial charge on any atom is -0.350 e. The van der Waals surface area contributed by atoms with Gasteiger partial charge in [0.1, 0.15) is 12.1 Å². The van der Waals surface area contributed by atoms with Crippen molar-refractivity contribution in [1.29, 1.82) is 5.26 Å². The van der Waals surface area contributed by atoms with Gasteiger partial charge in [-0.25, -0.2) is 4.79 Å². The minimum absolute atomic E-state index is 0.321. The molecule has 1 atom stereocenters. The summed E-state index contributed by atoms with van der Waals surface area (Å²) in [4.78, 5) is 38.4. The number of nitrogens with one attached hydrogen (secondary N) is 2. The quantitative estimate of drug-likeness (QED) is 0.779. The van der Waals surface area contributed by atoms with E-state index < -0.39 is 23.4 Å². The second-order valence-electron chi connectivity index (χ2n) is 6.84. The largest absolute Gasteiger partial charge is 0.350 e. The molecule has 2 aromatic carbocycles. The molecule has 1 unspecified atom stereocenters. The number of imide groups is 1. The molecule has 0 aromatic heterocycles. The molecule has 4 amide bonds. The van der Waals surface area contributed by atoms with E-state index in [1.165, 1.54) is 0 Å². The van der Waals surface area contributed by atoms with Gasteiger partial charge in [-0.05, 0) is 42.7 Å². The van der Waals surface area contributed by atoms with Crippen molar-refractivity contribution in [3.8, 4) is 6.07 Å². The number of benzene rings is 2. The molecule has 142 valence electrons. The molecule has 7 heteroatoms. The summed E-state index contributed by atoms with van der Waals surface area (Å²) in [5.41, 5.74) is 1.74. The number of nitriles is 1. The van der Waals surface area contributed by atoms with Crippen molar-refractivity contribution < 1.29 is 14.4 Å². The first-order valence-electron chi connectivity index (χ1n) is 8.81. The zero-order valence-electron chi connectivity index (χ0n) is 15.7. The van der Waals surface area contributed by atoms with Gasteiger partial charge < -0.3 is 10.6 Å². The van der Waals surface area contributed by atoms with Gasteiger partial charge in [-0.1, -0.05) is 36.4 Å². The lowest BCUT2D eigenvalue weighted by Crippen LogP contribution is -2.43. The molecule has 1 fully saturated rings. The van der Waals surface area contributed by atoms with E-state index in [1.54, 1.807) is 31.2 Å². The number of urea groups is 1. The van der Waals surface area contributed by atoms with Crippen LogP contribution in [0.15, 0.2) is 48.5 Å². The maximum atomic E-state index is 12.9. The Morgan fingerprint density at radius 3 is 2.50 bits per heavy atom. The standard InChI is InChI=1S/C21H20N4O3/c1-14-5-3-4-6-16(14)12-23-18(26)13-25-19(27)21(2,24-20(25)28)17-9-7-15(11-22)8-10-17/h3-10H,12-13H2,1-2H3,(H,23,26)(H,24,28). The third-order valence-electron chi connectivity index (χ3n) is 4.91. The summed E-state index contributed by atoms with van der Waals surface area (Å²) >= 11 is 0. The van der Waals surface area contributed by atoms with Gasteiger partial charge in [0.05, 0.1) is 11.6 Å². The zero-order valence-corrected chi connectivity index (χ0v) is 15.7. The average Bonchev–Trinajstić information content (AvgIpc) is 2.91. The van der Waals surface area contributed by atoms with Crippen LogP contribution >= 0.6 is 0 Å². The van der Waals surface area contributed by atoms with E-state index in [-0.39, 0.29) is 6.54 Å². The number of amides is 4. The van der Waals surface area contributed by atoms with Crippen molar-refractivity contribution in [1.82, 2.24) is 15.5 Å². The SMILES string of the molecule is Cc1ccccc1CNC(=O)CN1C(=O)NC(C)(c2ccc(C#N)cc2)C1=O. The molecular formula is C21H20N4O3. The molecule has 7 nitrogen and oxygen atoms in total. The van der Waals surface area contributed by atoms with Gasteiger partial charge >= 0.3 is 6.03 Å². The Morgan fingerprint density at radius 2 is 1.86 bits per heavy atom. The summed E-state index contributed by atoms with van der Waals surface area (Å²) in [6, 6.07) is 15.4. The molecule has 0 bridgehead atoms. The Labute approximate surface area is 163 Å². The zero-order chi connectivity index (χ0) is 20.3. The number of aryl methyl sites for hydroxylation is 1. The van der Waals surface area contributed by atoms with E-state index in [1.807, 2.05) is 37.3 Å². The second kappa shape index (κ2) is 7.53. The molecule has 28 heavy (non-hydrogen) atoms. The van der Waals surface area contributed by atoms with Crippen LogP contribution in [0.1, 0.15) is 29.2 Å². The number of hydrogen-bond donors (Lipinski definition) is 2. The van der Waals surface area contributed by atoms with E-state index in [9.17, 15) is 14.4 Å². The first-order chi connectivity index (χ1) is 13.3. The number of rotatable bonds is 5. The predicted molar refractivity (Wildman–Crippen MR) is 102 cm³/mol. The summed E-state index contributed by atoms with van der Waals surface area (Å²) in [5.74, 6) is -0.927. The van der Waals surface area contributed by atoms with Gasteiger partial charge in [0.15, 0.2) is 0 Å². The molecule has 1 aliphatic heterocycles. The van der Waals surface area contributed by atoms with Crippen LogP contribution < -0.4 is 10.6 Å². The van der Waals surface area contributed by atoms with E-state index >= 15 is 0 Å². The minimum atomic E-state index is -1.28. The van der Waals surface area contributed by atoms with Crippen molar-refractivity contribution in [2.24, 2.45) is 0 Å². The molecule has 2 aromatic rings. The molecule has 2 N–H and O–H groups in total. The average molecular weight is 376 g/mol. The number of carbonyl (C=O) groups excluding carboxylic acids is 3. The van der Waals surface area contributed by atoms with Crippen molar-refractivity contribution in [2.75, 3.05) is 6.54 Å². The van der Waals surface area contributed by atoms with Gasteiger partial charge in [-0.15, -0.1) is 0 Å². The summed E-state index contributed by atoms with van der Waals surface area (Å²) in [6.07, 6.45) is 0. The van der Waals surface area contributed by atoms with E-state index in [0.29, 0.717) is 17.7 Å². The molecule has 1 aliphatic rings. The maximum Gasteiger partial charge on any atom is 0.325 e. The molecule has 0 saturated carbocycles. The van der Waals surface area contributed by atoms with Crippen LogP contribution in [0.2, 0.25) is 0 Å². The highest BCUT2D eigenvalue weighted by Crippen LogP contribution is 2.28. The molecule has 3 rings (SSSR count). The predicted octanol–water partition coefficient (Wildman–Crippen LogP) is 1.95. The molecule has 0 spiro atoms. The summed E-state index contributed by atoms with van der Waals surface area (Å²) in [7, 11) is 0. The van der Waals surface area contributed by atoms with Crippen molar-refractivity contribution in [3.05, 3.63) is 70.8 Å². The third kappa shape index (κ3) is 3.58. The number of hydrogen-bond acceptors (Lipinski definition) is 4. The Morgan fingerprint density at radius 1 is 1.18 bits per heavy atom. The van der Waals surface area contributed by atoms with Gasteiger partial charge in [-0.3, -0.25) is 14.5 Å². The smallest absolute Gasteiger partial charge is 0.325 e. The fraction of sp³-hybridized carbons (Fsp3) is 0.238. The van der Waals surface area contributed by atoms with Gasteiger partial charge in [0, 0.05) is 6.54 Å².